The number of hydrogen-bond donors (Lipinski definition) is 1. The molecule has 1 unspecified atom stereocenters. The van der Waals surface area contributed by atoms with Crippen molar-refractivity contribution in [3.8, 4) is 11.8 Å². The van der Waals surface area contributed by atoms with Crippen LogP contribution in [-0.4, -0.2) is 6.04 Å². The zero-order chi connectivity index (χ0) is 9.40. The van der Waals surface area contributed by atoms with Crippen LogP contribution in [0.5, 0.6) is 0 Å². The van der Waals surface area contributed by atoms with Crippen molar-refractivity contribution in [2.24, 2.45) is 11.7 Å². The third-order valence-electron chi connectivity index (χ3n) is 1.76. The predicted octanol–water partition coefficient (Wildman–Crippen LogP) is 2.55. The maximum atomic E-state index is 5.77. The van der Waals surface area contributed by atoms with Gasteiger partial charge in [0, 0.05) is 6.42 Å². The fraction of sp³-hybridized carbons (Fsp3) is 0.818. The molecule has 0 saturated carbocycles. The molecule has 0 aliphatic carbocycles. The van der Waals surface area contributed by atoms with Crippen LogP contribution in [0.4, 0.5) is 0 Å². The van der Waals surface area contributed by atoms with Crippen LogP contribution in [0.15, 0.2) is 0 Å². The Morgan fingerprint density at radius 1 is 1.25 bits per heavy atom. The predicted molar refractivity (Wildman–Crippen MR) is 54.7 cm³/mol. The average molecular weight is 167 g/mol. The van der Waals surface area contributed by atoms with Crippen molar-refractivity contribution >= 4 is 0 Å². The Hall–Kier alpha value is -0.480. The first kappa shape index (κ1) is 11.5. The topological polar surface area (TPSA) is 26.0 Å². The van der Waals surface area contributed by atoms with Crippen molar-refractivity contribution < 1.29 is 0 Å². The van der Waals surface area contributed by atoms with E-state index in [0.29, 0.717) is 0 Å². The smallest absolute Gasteiger partial charge is 0.0664 e. The number of rotatable bonds is 4. The van der Waals surface area contributed by atoms with Gasteiger partial charge < -0.3 is 5.73 Å². The Labute approximate surface area is 76.7 Å². The van der Waals surface area contributed by atoms with Gasteiger partial charge in [0.25, 0.3) is 0 Å². The highest BCUT2D eigenvalue weighted by atomic mass is 14.6. The molecule has 0 fully saturated rings. The summed E-state index contributed by atoms with van der Waals surface area (Å²) in [5, 5.41) is 0. The molecule has 0 aliphatic rings. The Morgan fingerprint density at radius 2 is 1.92 bits per heavy atom. The van der Waals surface area contributed by atoms with E-state index in [1.165, 1.54) is 12.8 Å². The summed E-state index contributed by atoms with van der Waals surface area (Å²) in [7, 11) is 0. The van der Waals surface area contributed by atoms with E-state index in [1.54, 1.807) is 0 Å². The van der Waals surface area contributed by atoms with Gasteiger partial charge in [-0.2, -0.15) is 0 Å². The van der Waals surface area contributed by atoms with Crippen molar-refractivity contribution in [3.63, 3.8) is 0 Å². The van der Waals surface area contributed by atoms with Crippen LogP contribution in [0.1, 0.15) is 46.5 Å². The fourth-order valence-electron chi connectivity index (χ4n) is 1.05. The standard InChI is InChI=1S/C11H21N/c1-4-5-8-11(12)9-6-7-10(2)3/h10-11H,4,6-7,9,12H2,1-3H3. The van der Waals surface area contributed by atoms with Gasteiger partial charge in [0.2, 0.25) is 0 Å². The summed E-state index contributed by atoms with van der Waals surface area (Å²) < 4.78 is 0. The monoisotopic (exact) mass is 167 g/mol. The van der Waals surface area contributed by atoms with Crippen molar-refractivity contribution in [2.45, 2.75) is 52.5 Å². The average Bonchev–Trinajstić information content (AvgIpc) is 2.00. The molecule has 0 spiro atoms. The van der Waals surface area contributed by atoms with Crippen molar-refractivity contribution in [3.05, 3.63) is 0 Å². The number of hydrogen-bond acceptors (Lipinski definition) is 1. The molecule has 0 aromatic heterocycles. The molecule has 70 valence electrons. The van der Waals surface area contributed by atoms with Crippen molar-refractivity contribution in [1.82, 2.24) is 0 Å². The molecule has 0 aliphatic heterocycles. The van der Waals surface area contributed by atoms with Gasteiger partial charge in [0.1, 0.15) is 0 Å². The molecule has 0 aromatic carbocycles. The van der Waals surface area contributed by atoms with Crippen LogP contribution in [0.25, 0.3) is 0 Å². The van der Waals surface area contributed by atoms with Crippen LogP contribution < -0.4 is 5.73 Å². The minimum absolute atomic E-state index is 0.101. The minimum Gasteiger partial charge on any atom is -0.318 e. The first-order valence-electron chi connectivity index (χ1n) is 4.90. The zero-order valence-electron chi connectivity index (χ0n) is 8.56. The first-order valence-corrected chi connectivity index (χ1v) is 4.90. The van der Waals surface area contributed by atoms with Gasteiger partial charge in [-0.05, 0) is 12.3 Å². The van der Waals surface area contributed by atoms with Gasteiger partial charge in [0.05, 0.1) is 6.04 Å². The SMILES string of the molecule is CCC#CC(N)CCCC(C)C. The summed E-state index contributed by atoms with van der Waals surface area (Å²) in [5.74, 6) is 6.83. The van der Waals surface area contributed by atoms with Crippen molar-refractivity contribution in [1.29, 1.82) is 0 Å². The summed E-state index contributed by atoms with van der Waals surface area (Å²) in [6.45, 7) is 6.53. The van der Waals surface area contributed by atoms with Gasteiger partial charge in [0.15, 0.2) is 0 Å². The highest BCUT2D eigenvalue weighted by molar-refractivity contribution is 5.05. The summed E-state index contributed by atoms with van der Waals surface area (Å²) in [4.78, 5) is 0. The first-order chi connectivity index (χ1) is 5.66. The molecule has 1 atom stereocenters. The zero-order valence-corrected chi connectivity index (χ0v) is 8.56. The van der Waals surface area contributed by atoms with Gasteiger partial charge in [-0.3, -0.25) is 0 Å². The Morgan fingerprint density at radius 3 is 2.42 bits per heavy atom. The Bertz CT molecular complexity index is 150. The molecule has 0 aromatic rings. The lowest BCUT2D eigenvalue weighted by Crippen LogP contribution is -2.17. The second kappa shape index (κ2) is 7.18. The number of nitrogens with two attached hydrogens (primary N) is 1. The Balaban J connectivity index is 3.37. The molecule has 0 heterocycles. The van der Waals surface area contributed by atoms with E-state index in [2.05, 4.69) is 25.7 Å². The Kier molecular flexibility index (Phi) is 6.90. The van der Waals surface area contributed by atoms with Crippen LogP contribution in [-0.2, 0) is 0 Å². The van der Waals surface area contributed by atoms with Gasteiger partial charge in [-0.25, -0.2) is 0 Å². The molecule has 1 heteroatoms. The van der Waals surface area contributed by atoms with Gasteiger partial charge in [-0.15, -0.1) is 5.92 Å². The quantitative estimate of drug-likeness (QED) is 0.640. The van der Waals surface area contributed by atoms with Gasteiger partial charge in [-0.1, -0.05) is 39.5 Å². The summed E-state index contributed by atoms with van der Waals surface area (Å²) in [6, 6.07) is 0.101. The van der Waals surface area contributed by atoms with Gasteiger partial charge >= 0.3 is 0 Å². The van der Waals surface area contributed by atoms with Crippen LogP contribution in [0, 0.1) is 17.8 Å². The third-order valence-corrected chi connectivity index (χ3v) is 1.76. The molecular weight excluding hydrogens is 146 g/mol. The lowest BCUT2D eigenvalue weighted by Gasteiger charge is -2.05. The van der Waals surface area contributed by atoms with Crippen LogP contribution in [0.3, 0.4) is 0 Å². The van der Waals surface area contributed by atoms with E-state index < -0.39 is 0 Å². The molecule has 0 saturated heterocycles. The highest BCUT2D eigenvalue weighted by Crippen LogP contribution is 2.06. The molecule has 0 radical (unpaired) electrons. The molecule has 0 amide bonds. The van der Waals surface area contributed by atoms with Crippen molar-refractivity contribution in [2.75, 3.05) is 0 Å². The van der Waals surface area contributed by atoms with E-state index in [1.807, 2.05) is 6.92 Å². The lowest BCUT2D eigenvalue weighted by atomic mass is 10.0. The van der Waals surface area contributed by atoms with E-state index in [0.717, 1.165) is 18.8 Å². The summed E-state index contributed by atoms with van der Waals surface area (Å²) >= 11 is 0. The maximum absolute atomic E-state index is 5.77. The van der Waals surface area contributed by atoms with E-state index in [9.17, 15) is 0 Å². The summed E-state index contributed by atoms with van der Waals surface area (Å²) in [5.41, 5.74) is 5.77. The molecule has 12 heavy (non-hydrogen) atoms. The summed E-state index contributed by atoms with van der Waals surface area (Å²) in [6.07, 6.45) is 4.43. The van der Waals surface area contributed by atoms with Crippen LogP contribution in [0.2, 0.25) is 0 Å². The molecular formula is C11H21N. The second-order valence-corrected chi connectivity index (χ2v) is 3.61. The van der Waals surface area contributed by atoms with E-state index in [-0.39, 0.29) is 6.04 Å². The van der Waals surface area contributed by atoms with E-state index in [4.69, 9.17) is 5.73 Å². The van der Waals surface area contributed by atoms with E-state index >= 15 is 0 Å². The molecule has 0 rings (SSSR count). The fourth-order valence-corrected chi connectivity index (χ4v) is 1.05. The lowest BCUT2D eigenvalue weighted by molar-refractivity contribution is 0.526. The maximum Gasteiger partial charge on any atom is 0.0664 e. The molecule has 1 nitrogen and oxygen atoms in total. The van der Waals surface area contributed by atoms with Crippen LogP contribution >= 0.6 is 0 Å². The normalized spacial score (nSPS) is 12.4. The third kappa shape index (κ3) is 7.63. The molecule has 0 bridgehead atoms. The molecule has 2 N–H and O–H groups in total. The minimum atomic E-state index is 0.101. The largest absolute Gasteiger partial charge is 0.318 e. The highest BCUT2D eigenvalue weighted by Gasteiger charge is 1.98. The second-order valence-electron chi connectivity index (χ2n) is 3.61.